The van der Waals surface area contributed by atoms with Gasteiger partial charge in [-0.3, -0.25) is 4.79 Å². The smallest absolute Gasteiger partial charge is 0.142 e. The molecule has 192 valence electrons. The second-order valence-corrected chi connectivity index (χ2v) is 13.2. The van der Waals surface area contributed by atoms with E-state index in [0.717, 1.165) is 41.1 Å². The Balaban J connectivity index is 1.15. The van der Waals surface area contributed by atoms with Gasteiger partial charge in [0.2, 0.25) is 0 Å². The molecular formula is C31H58NO+. The molecule has 0 aromatic heterocycles. The van der Waals surface area contributed by atoms with Crippen molar-refractivity contribution in [3.63, 3.8) is 0 Å². The first kappa shape index (κ1) is 27.2. The Bertz CT molecular complexity index is 525. The minimum absolute atomic E-state index is 0.443. The first-order valence-corrected chi connectivity index (χ1v) is 15.3. The number of rotatable bonds is 19. The van der Waals surface area contributed by atoms with E-state index in [1.807, 2.05) is 0 Å². The van der Waals surface area contributed by atoms with Gasteiger partial charge in [-0.25, -0.2) is 0 Å². The van der Waals surface area contributed by atoms with Gasteiger partial charge in [0, 0.05) is 5.92 Å². The highest BCUT2D eigenvalue weighted by atomic mass is 16.1. The molecule has 0 aliphatic heterocycles. The lowest BCUT2D eigenvalue weighted by atomic mass is 9.51. The predicted octanol–water partition coefficient (Wildman–Crippen LogP) is 8.58. The van der Waals surface area contributed by atoms with Crippen molar-refractivity contribution in [2.45, 2.75) is 135 Å². The Morgan fingerprint density at radius 1 is 0.606 bits per heavy atom. The summed E-state index contributed by atoms with van der Waals surface area (Å²) in [5.41, 5.74) is 0. The van der Waals surface area contributed by atoms with Crippen LogP contribution in [0, 0.1) is 29.6 Å². The van der Waals surface area contributed by atoms with Gasteiger partial charge in [0.1, 0.15) is 5.78 Å². The number of unbranched alkanes of at least 4 members (excludes halogenated alkanes) is 13. The fourth-order valence-corrected chi connectivity index (χ4v) is 7.88. The number of ketones is 1. The van der Waals surface area contributed by atoms with E-state index >= 15 is 0 Å². The molecule has 0 heterocycles. The van der Waals surface area contributed by atoms with Gasteiger partial charge in [-0.1, -0.05) is 84.0 Å². The SMILES string of the molecule is CCCCCCCCCCCCCCCC[N+](C)(C)CCC(=O)C1C2CC3CC(C2)CC1C3. The van der Waals surface area contributed by atoms with Crippen LogP contribution in [0.4, 0.5) is 0 Å². The minimum atomic E-state index is 0.443. The fraction of sp³-hybridized carbons (Fsp3) is 0.968. The normalized spacial score (nSPS) is 28.5. The van der Waals surface area contributed by atoms with Gasteiger partial charge >= 0.3 is 0 Å². The average molecular weight is 461 g/mol. The van der Waals surface area contributed by atoms with Crippen LogP contribution in [0.5, 0.6) is 0 Å². The van der Waals surface area contributed by atoms with E-state index in [9.17, 15) is 4.79 Å². The first-order chi connectivity index (χ1) is 16.0. The van der Waals surface area contributed by atoms with Gasteiger partial charge in [-0.05, 0) is 68.6 Å². The van der Waals surface area contributed by atoms with Gasteiger partial charge in [-0.15, -0.1) is 0 Å². The largest absolute Gasteiger partial charge is 0.328 e. The van der Waals surface area contributed by atoms with Crippen molar-refractivity contribution < 1.29 is 9.28 Å². The van der Waals surface area contributed by atoms with Crippen LogP contribution in [0.1, 0.15) is 135 Å². The molecule has 4 bridgehead atoms. The van der Waals surface area contributed by atoms with Crippen molar-refractivity contribution in [3.05, 3.63) is 0 Å². The maximum Gasteiger partial charge on any atom is 0.142 e. The molecule has 0 spiro atoms. The summed E-state index contributed by atoms with van der Waals surface area (Å²) >= 11 is 0. The lowest BCUT2D eigenvalue weighted by Gasteiger charge is -2.54. The van der Waals surface area contributed by atoms with Crippen LogP contribution < -0.4 is 0 Å². The molecule has 4 aliphatic rings. The number of hydrogen-bond donors (Lipinski definition) is 0. The maximum absolute atomic E-state index is 13.2. The van der Waals surface area contributed by atoms with E-state index in [4.69, 9.17) is 0 Å². The van der Waals surface area contributed by atoms with Gasteiger partial charge in [-0.2, -0.15) is 0 Å². The summed E-state index contributed by atoms with van der Waals surface area (Å²) in [4.78, 5) is 13.2. The molecule has 0 N–H and O–H groups in total. The molecule has 2 nitrogen and oxygen atoms in total. The summed E-state index contributed by atoms with van der Waals surface area (Å²) in [6.07, 6.45) is 27.8. The van der Waals surface area contributed by atoms with Gasteiger partial charge in [0.25, 0.3) is 0 Å². The Labute approximate surface area is 207 Å². The van der Waals surface area contributed by atoms with E-state index in [0.29, 0.717) is 11.7 Å². The molecule has 4 fully saturated rings. The lowest BCUT2D eigenvalue weighted by Crippen LogP contribution is -2.49. The van der Waals surface area contributed by atoms with Crippen molar-refractivity contribution in [1.82, 2.24) is 0 Å². The molecule has 0 unspecified atom stereocenters. The van der Waals surface area contributed by atoms with Crippen molar-refractivity contribution in [1.29, 1.82) is 0 Å². The molecule has 33 heavy (non-hydrogen) atoms. The number of Topliss-reactive ketones (excluding diaryl/α,β-unsaturated/α-hetero) is 1. The maximum atomic E-state index is 13.2. The van der Waals surface area contributed by atoms with E-state index < -0.39 is 0 Å². The van der Waals surface area contributed by atoms with Crippen LogP contribution >= 0.6 is 0 Å². The van der Waals surface area contributed by atoms with Crippen LogP contribution in [0.2, 0.25) is 0 Å². The molecule has 0 aromatic carbocycles. The number of nitrogens with zero attached hydrogens (tertiary/aromatic N) is 1. The monoisotopic (exact) mass is 460 g/mol. The van der Waals surface area contributed by atoms with Crippen LogP contribution in [-0.2, 0) is 4.79 Å². The Hall–Kier alpha value is -0.370. The number of carbonyl (C=O) groups excluding carboxylic acids is 1. The first-order valence-electron chi connectivity index (χ1n) is 15.3. The standard InChI is InChI=1S/C31H58NO/c1-4-5-6-7-8-9-10-11-12-13-14-15-16-17-19-32(2,3)20-18-30(33)31-28-22-26-21-27(24-28)25-29(31)23-26/h26-29,31H,4-25H2,1-3H3/q+1. The van der Waals surface area contributed by atoms with Crippen LogP contribution in [0.15, 0.2) is 0 Å². The lowest BCUT2D eigenvalue weighted by molar-refractivity contribution is -0.890. The average Bonchev–Trinajstić information content (AvgIpc) is 2.77. The third kappa shape index (κ3) is 9.30. The van der Waals surface area contributed by atoms with Crippen molar-refractivity contribution in [3.8, 4) is 0 Å². The molecule has 4 saturated carbocycles. The molecule has 0 atom stereocenters. The topological polar surface area (TPSA) is 17.1 Å². The summed E-state index contributed by atoms with van der Waals surface area (Å²) in [5.74, 6) is 4.55. The third-order valence-corrected chi connectivity index (χ3v) is 9.68. The number of carbonyl (C=O) groups is 1. The summed E-state index contributed by atoms with van der Waals surface area (Å²) in [5, 5.41) is 0. The zero-order chi connectivity index (χ0) is 23.5. The Morgan fingerprint density at radius 2 is 1.03 bits per heavy atom. The van der Waals surface area contributed by atoms with E-state index in [1.54, 1.807) is 0 Å². The van der Waals surface area contributed by atoms with Crippen molar-refractivity contribution in [2.75, 3.05) is 27.2 Å². The number of quaternary nitrogens is 1. The summed E-state index contributed by atoms with van der Waals surface area (Å²) < 4.78 is 1.04. The van der Waals surface area contributed by atoms with Crippen LogP contribution in [0.25, 0.3) is 0 Å². The summed E-state index contributed by atoms with van der Waals surface area (Å²) in [6, 6.07) is 0. The second kappa shape index (κ2) is 14.3. The minimum Gasteiger partial charge on any atom is -0.328 e. The van der Waals surface area contributed by atoms with E-state index in [2.05, 4.69) is 21.0 Å². The van der Waals surface area contributed by atoms with Crippen molar-refractivity contribution >= 4 is 5.78 Å². The molecule has 0 aromatic rings. The van der Waals surface area contributed by atoms with Gasteiger partial charge in [0.05, 0.1) is 33.6 Å². The predicted molar refractivity (Wildman–Crippen MR) is 142 cm³/mol. The zero-order valence-electron chi connectivity index (χ0n) is 22.8. The molecule has 0 amide bonds. The summed E-state index contributed by atoms with van der Waals surface area (Å²) in [6.45, 7) is 4.60. The highest BCUT2D eigenvalue weighted by Gasteiger charge is 2.50. The molecule has 0 radical (unpaired) electrons. The zero-order valence-corrected chi connectivity index (χ0v) is 22.8. The van der Waals surface area contributed by atoms with E-state index in [-0.39, 0.29) is 0 Å². The molecule has 0 saturated heterocycles. The van der Waals surface area contributed by atoms with Gasteiger partial charge < -0.3 is 4.48 Å². The Kier molecular flexibility index (Phi) is 11.8. The highest BCUT2D eigenvalue weighted by Crippen LogP contribution is 2.56. The molecule has 2 heteroatoms. The Morgan fingerprint density at radius 3 is 1.48 bits per heavy atom. The second-order valence-electron chi connectivity index (χ2n) is 13.2. The molecule has 4 aliphatic carbocycles. The quantitative estimate of drug-likeness (QED) is 0.139. The fourth-order valence-electron chi connectivity index (χ4n) is 7.88. The van der Waals surface area contributed by atoms with E-state index in [1.165, 1.54) is 129 Å². The highest BCUT2D eigenvalue weighted by molar-refractivity contribution is 5.82. The molecular weight excluding hydrogens is 402 g/mol. The number of hydrogen-bond acceptors (Lipinski definition) is 1. The van der Waals surface area contributed by atoms with Crippen LogP contribution in [-0.4, -0.2) is 37.5 Å². The summed E-state index contributed by atoms with van der Waals surface area (Å²) in [7, 11) is 4.71. The van der Waals surface area contributed by atoms with Crippen molar-refractivity contribution in [2.24, 2.45) is 29.6 Å². The van der Waals surface area contributed by atoms with Gasteiger partial charge in [0.15, 0.2) is 0 Å². The third-order valence-electron chi connectivity index (χ3n) is 9.68. The molecule has 4 rings (SSSR count). The van der Waals surface area contributed by atoms with Crippen LogP contribution in [0.3, 0.4) is 0 Å².